The molecule has 1 aliphatic rings. The van der Waals surface area contributed by atoms with Crippen LogP contribution >= 0.6 is 0 Å². The molecule has 104 valence electrons. The van der Waals surface area contributed by atoms with E-state index in [2.05, 4.69) is 15.5 Å². The van der Waals surface area contributed by atoms with Gasteiger partial charge in [0.2, 0.25) is 0 Å². The number of anilines is 1. The summed E-state index contributed by atoms with van der Waals surface area (Å²) in [6.45, 7) is 5.66. The maximum Gasteiger partial charge on any atom is 0.274 e. The largest absolute Gasteiger partial charge is 0.390 e. The molecule has 0 aliphatic carbocycles. The lowest BCUT2D eigenvalue weighted by molar-refractivity contribution is -0.00222. The molecule has 6 nitrogen and oxygen atoms in total. The van der Waals surface area contributed by atoms with E-state index in [1.54, 1.807) is 24.0 Å². The lowest BCUT2D eigenvalue weighted by atomic mass is 9.94. The van der Waals surface area contributed by atoms with Crippen molar-refractivity contribution in [2.24, 2.45) is 0 Å². The fourth-order valence-electron chi connectivity index (χ4n) is 2.08. The third kappa shape index (κ3) is 3.41. The van der Waals surface area contributed by atoms with Gasteiger partial charge in [-0.15, -0.1) is 10.2 Å². The Morgan fingerprint density at radius 1 is 1.42 bits per heavy atom. The van der Waals surface area contributed by atoms with Crippen LogP contribution in [0.4, 0.5) is 5.82 Å². The molecule has 2 heterocycles. The molecular formula is C13H20N4O2. The van der Waals surface area contributed by atoms with E-state index in [1.807, 2.05) is 6.92 Å². The maximum atomic E-state index is 12.2. The Morgan fingerprint density at radius 2 is 2.11 bits per heavy atom. The van der Waals surface area contributed by atoms with Crippen LogP contribution in [0.15, 0.2) is 12.1 Å². The number of aromatic nitrogens is 2. The van der Waals surface area contributed by atoms with E-state index < -0.39 is 5.60 Å². The summed E-state index contributed by atoms with van der Waals surface area (Å²) in [6, 6.07) is 3.43. The first-order chi connectivity index (χ1) is 9.02. The first kappa shape index (κ1) is 13.7. The molecule has 0 aromatic carbocycles. The minimum atomic E-state index is -0.655. The molecule has 1 aromatic heterocycles. The number of aliphatic hydroxyl groups is 1. The zero-order valence-corrected chi connectivity index (χ0v) is 11.4. The summed E-state index contributed by atoms with van der Waals surface area (Å²) in [5.41, 5.74) is -0.305. The first-order valence-corrected chi connectivity index (χ1v) is 6.61. The van der Waals surface area contributed by atoms with Crippen LogP contribution in [-0.4, -0.2) is 51.3 Å². The number of likely N-dealkylation sites (tertiary alicyclic amines) is 1. The van der Waals surface area contributed by atoms with Gasteiger partial charge in [0.05, 0.1) is 5.60 Å². The van der Waals surface area contributed by atoms with Crippen molar-refractivity contribution in [3.05, 3.63) is 17.8 Å². The number of carbonyl (C=O) groups excluding carboxylic acids is 1. The molecule has 2 rings (SSSR count). The lowest BCUT2D eigenvalue weighted by Gasteiger charge is -2.35. The molecule has 1 saturated heterocycles. The molecule has 0 unspecified atom stereocenters. The maximum absolute atomic E-state index is 12.2. The predicted octanol–water partition coefficient (Wildman–Crippen LogP) is 0.895. The Hall–Kier alpha value is -1.69. The Kier molecular flexibility index (Phi) is 3.99. The second-order valence-corrected chi connectivity index (χ2v) is 5.12. The van der Waals surface area contributed by atoms with Crippen molar-refractivity contribution < 1.29 is 9.90 Å². The van der Waals surface area contributed by atoms with Crippen molar-refractivity contribution in [1.82, 2.24) is 15.1 Å². The van der Waals surface area contributed by atoms with Crippen molar-refractivity contribution in [2.45, 2.75) is 32.3 Å². The fraction of sp³-hybridized carbons (Fsp3) is 0.615. The molecule has 2 N–H and O–H groups in total. The van der Waals surface area contributed by atoms with Crippen LogP contribution in [0.1, 0.15) is 37.2 Å². The summed E-state index contributed by atoms with van der Waals surface area (Å²) < 4.78 is 0. The van der Waals surface area contributed by atoms with Gasteiger partial charge in [0.15, 0.2) is 5.69 Å². The average Bonchev–Trinajstić information content (AvgIpc) is 2.39. The van der Waals surface area contributed by atoms with Crippen molar-refractivity contribution >= 4 is 11.7 Å². The van der Waals surface area contributed by atoms with Crippen LogP contribution in [0.3, 0.4) is 0 Å². The number of hydrogen-bond acceptors (Lipinski definition) is 5. The number of nitrogens with one attached hydrogen (secondary N) is 1. The molecule has 0 bridgehead atoms. The predicted molar refractivity (Wildman–Crippen MR) is 72.0 cm³/mol. The van der Waals surface area contributed by atoms with Crippen molar-refractivity contribution in [3.63, 3.8) is 0 Å². The number of carbonyl (C=O) groups is 1. The van der Waals surface area contributed by atoms with Gasteiger partial charge in [0.25, 0.3) is 5.91 Å². The minimum absolute atomic E-state index is 0.119. The van der Waals surface area contributed by atoms with E-state index in [9.17, 15) is 9.90 Å². The van der Waals surface area contributed by atoms with Gasteiger partial charge in [-0.3, -0.25) is 4.79 Å². The van der Waals surface area contributed by atoms with E-state index in [4.69, 9.17) is 0 Å². The molecule has 0 spiro atoms. The third-order valence-electron chi connectivity index (χ3n) is 3.37. The third-order valence-corrected chi connectivity index (χ3v) is 3.37. The molecule has 19 heavy (non-hydrogen) atoms. The highest BCUT2D eigenvalue weighted by Gasteiger charge is 2.30. The summed E-state index contributed by atoms with van der Waals surface area (Å²) in [5, 5.41) is 20.8. The van der Waals surface area contributed by atoms with E-state index in [1.165, 1.54) is 0 Å². The average molecular weight is 264 g/mol. The van der Waals surface area contributed by atoms with E-state index in [0.717, 1.165) is 6.54 Å². The van der Waals surface area contributed by atoms with Gasteiger partial charge in [-0.05, 0) is 38.8 Å². The van der Waals surface area contributed by atoms with E-state index in [0.29, 0.717) is 37.4 Å². The van der Waals surface area contributed by atoms with Crippen LogP contribution in [0.2, 0.25) is 0 Å². The zero-order valence-electron chi connectivity index (χ0n) is 11.4. The SMILES string of the molecule is CCNc1ccc(C(=O)N2CCC(C)(O)CC2)nn1. The van der Waals surface area contributed by atoms with E-state index >= 15 is 0 Å². The number of hydrogen-bond donors (Lipinski definition) is 2. The Labute approximate surface area is 112 Å². The van der Waals surface area contributed by atoms with Crippen LogP contribution < -0.4 is 5.32 Å². The summed E-state index contributed by atoms with van der Waals surface area (Å²) in [5.74, 6) is 0.548. The molecule has 1 fully saturated rings. The topological polar surface area (TPSA) is 78.4 Å². The standard InChI is InChI=1S/C13H20N4O2/c1-3-14-11-5-4-10(15-16-11)12(18)17-8-6-13(2,19)7-9-17/h4-5,19H,3,6-9H2,1-2H3,(H,14,16). The number of nitrogens with zero attached hydrogens (tertiary/aromatic N) is 3. The lowest BCUT2D eigenvalue weighted by Crippen LogP contribution is -2.45. The van der Waals surface area contributed by atoms with Gasteiger partial charge >= 0.3 is 0 Å². The molecule has 1 aromatic rings. The van der Waals surface area contributed by atoms with Crippen molar-refractivity contribution in [2.75, 3.05) is 25.0 Å². The van der Waals surface area contributed by atoms with Crippen LogP contribution in [0, 0.1) is 0 Å². The quantitative estimate of drug-likeness (QED) is 0.848. The summed E-state index contributed by atoms with van der Waals surface area (Å²) in [4.78, 5) is 13.9. The highest BCUT2D eigenvalue weighted by atomic mass is 16.3. The first-order valence-electron chi connectivity index (χ1n) is 6.61. The Bertz CT molecular complexity index is 434. The number of rotatable bonds is 3. The normalized spacial score (nSPS) is 18.2. The smallest absolute Gasteiger partial charge is 0.274 e. The van der Waals surface area contributed by atoms with Gasteiger partial charge in [0, 0.05) is 19.6 Å². The number of amides is 1. The van der Waals surface area contributed by atoms with Crippen LogP contribution in [0.25, 0.3) is 0 Å². The second-order valence-electron chi connectivity index (χ2n) is 5.12. The van der Waals surface area contributed by atoms with Gasteiger partial charge in [0.1, 0.15) is 5.82 Å². The van der Waals surface area contributed by atoms with Crippen LogP contribution in [-0.2, 0) is 0 Å². The summed E-state index contributed by atoms with van der Waals surface area (Å²) in [7, 11) is 0. The zero-order chi connectivity index (χ0) is 13.9. The van der Waals surface area contributed by atoms with Gasteiger partial charge < -0.3 is 15.3 Å². The number of piperidine rings is 1. The molecular weight excluding hydrogens is 244 g/mol. The Balaban J connectivity index is 2.00. The van der Waals surface area contributed by atoms with Gasteiger partial charge in [-0.2, -0.15) is 0 Å². The van der Waals surface area contributed by atoms with Crippen molar-refractivity contribution in [3.8, 4) is 0 Å². The molecule has 6 heteroatoms. The summed E-state index contributed by atoms with van der Waals surface area (Å²) >= 11 is 0. The molecule has 0 saturated carbocycles. The fourth-order valence-corrected chi connectivity index (χ4v) is 2.08. The Morgan fingerprint density at radius 3 is 2.63 bits per heavy atom. The highest BCUT2D eigenvalue weighted by Crippen LogP contribution is 2.22. The van der Waals surface area contributed by atoms with Gasteiger partial charge in [-0.25, -0.2) is 0 Å². The molecule has 1 aliphatic heterocycles. The van der Waals surface area contributed by atoms with Crippen LogP contribution in [0.5, 0.6) is 0 Å². The van der Waals surface area contributed by atoms with Gasteiger partial charge in [-0.1, -0.05) is 0 Å². The molecule has 0 atom stereocenters. The minimum Gasteiger partial charge on any atom is -0.390 e. The summed E-state index contributed by atoms with van der Waals surface area (Å²) in [6.07, 6.45) is 1.20. The van der Waals surface area contributed by atoms with E-state index in [-0.39, 0.29) is 5.91 Å². The molecule has 1 amide bonds. The molecule has 0 radical (unpaired) electrons. The highest BCUT2D eigenvalue weighted by molar-refractivity contribution is 5.92. The van der Waals surface area contributed by atoms with Crippen molar-refractivity contribution in [1.29, 1.82) is 0 Å². The second kappa shape index (κ2) is 5.52. The monoisotopic (exact) mass is 264 g/mol.